The SMILES string of the molecule is Nc1nc2c(S(=O)(=O)C3CCCC3)cc(C#Cc3ccccc3)cc2[nH]1. The van der Waals surface area contributed by atoms with Crippen molar-refractivity contribution in [2.45, 2.75) is 35.8 Å². The summed E-state index contributed by atoms with van der Waals surface area (Å²) in [5.74, 6) is 6.34. The van der Waals surface area contributed by atoms with E-state index in [4.69, 9.17) is 5.73 Å². The Morgan fingerprint density at radius 2 is 1.73 bits per heavy atom. The van der Waals surface area contributed by atoms with Gasteiger partial charge in [-0.25, -0.2) is 13.4 Å². The Hall–Kier alpha value is -2.78. The van der Waals surface area contributed by atoms with Crippen LogP contribution in [0.4, 0.5) is 5.95 Å². The van der Waals surface area contributed by atoms with Gasteiger partial charge in [0.05, 0.1) is 15.7 Å². The molecule has 1 heterocycles. The topological polar surface area (TPSA) is 88.8 Å². The Morgan fingerprint density at radius 1 is 1.04 bits per heavy atom. The summed E-state index contributed by atoms with van der Waals surface area (Å²) in [4.78, 5) is 7.37. The van der Waals surface area contributed by atoms with Crippen LogP contribution in [0.25, 0.3) is 11.0 Å². The van der Waals surface area contributed by atoms with E-state index < -0.39 is 9.84 Å². The molecule has 1 aromatic heterocycles. The van der Waals surface area contributed by atoms with Gasteiger partial charge in [0.2, 0.25) is 0 Å². The monoisotopic (exact) mass is 365 g/mol. The molecule has 0 saturated heterocycles. The minimum absolute atomic E-state index is 0.205. The number of nitrogens with one attached hydrogen (secondary N) is 1. The molecule has 5 nitrogen and oxygen atoms in total. The molecule has 1 saturated carbocycles. The molecule has 2 aromatic carbocycles. The summed E-state index contributed by atoms with van der Waals surface area (Å²) in [5.41, 5.74) is 8.27. The molecule has 0 spiro atoms. The van der Waals surface area contributed by atoms with E-state index in [0.717, 1.165) is 18.4 Å². The molecule has 0 bridgehead atoms. The fourth-order valence-electron chi connectivity index (χ4n) is 3.44. The minimum Gasteiger partial charge on any atom is -0.369 e. The third-order valence-corrected chi connectivity index (χ3v) is 7.02. The highest BCUT2D eigenvalue weighted by Crippen LogP contribution is 2.33. The van der Waals surface area contributed by atoms with Gasteiger partial charge < -0.3 is 10.7 Å². The van der Waals surface area contributed by atoms with Gasteiger partial charge in [0, 0.05) is 11.1 Å². The lowest BCUT2D eigenvalue weighted by atomic mass is 10.1. The Kier molecular flexibility index (Phi) is 4.17. The van der Waals surface area contributed by atoms with E-state index in [1.54, 1.807) is 12.1 Å². The highest BCUT2D eigenvalue weighted by atomic mass is 32.2. The van der Waals surface area contributed by atoms with Gasteiger partial charge in [-0.2, -0.15) is 0 Å². The molecule has 4 rings (SSSR count). The molecule has 0 aliphatic heterocycles. The second-order valence-electron chi connectivity index (χ2n) is 6.56. The van der Waals surface area contributed by atoms with Crippen molar-refractivity contribution in [2.24, 2.45) is 0 Å². The number of fused-ring (bicyclic) bond motifs is 1. The van der Waals surface area contributed by atoms with Crippen LogP contribution in [0.15, 0.2) is 47.4 Å². The number of sulfone groups is 1. The van der Waals surface area contributed by atoms with Crippen LogP contribution in [-0.2, 0) is 9.84 Å². The number of aromatic nitrogens is 2. The van der Waals surface area contributed by atoms with Crippen molar-refractivity contribution >= 4 is 26.8 Å². The fraction of sp³-hybridized carbons (Fsp3) is 0.250. The summed E-state index contributed by atoms with van der Waals surface area (Å²) in [7, 11) is -3.46. The van der Waals surface area contributed by atoms with Crippen molar-refractivity contribution in [2.75, 3.05) is 5.73 Å². The summed E-state index contributed by atoms with van der Waals surface area (Å²) in [6.07, 6.45) is 3.29. The molecule has 6 heteroatoms. The lowest BCUT2D eigenvalue weighted by molar-refractivity contribution is 0.580. The molecule has 0 amide bonds. The number of anilines is 1. The van der Waals surface area contributed by atoms with Crippen LogP contribution in [-0.4, -0.2) is 23.6 Å². The van der Waals surface area contributed by atoms with Crippen molar-refractivity contribution in [3.05, 3.63) is 53.6 Å². The van der Waals surface area contributed by atoms with Crippen LogP contribution in [0, 0.1) is 11.8 Å². The molecule has 1 aliphatic rings. The van der Waals surface area contributed by atoms with E-state index in [1.165, 1.54) is 0 Å². The van der Waals surface area contributed by atoms with Crippen molar-refractivity contribution in [1.29, 1.82) is 0 Å². The summed E-state index contributed by atoms with van der Waals surface area (Å²) < 4.78 is 26.3. The molecule has 1 fully saturated rings. The predicted molar refractivity (Wildman–Crippen MR) is 102 cm³/mol. The van der Waals surface area contributed by atoms with E-state index in [9.17, 15) is 8.42 Å². The third kappa shape index (κ3) is 3.06. The van der Waals surface area contributed by atoms with E-state index in [1.807, 2.05) is 30.3 Å². The van der Waals surface area contributed by atoms with Crippen molar-refractivity contribution < 1.29 is 8.42 Å². The number of nitrogens with zero attached hydrogens (tertiary/aromatic N) is 1. The molecule has 0 radical (unpaired) electrons. The lowest BCUT2D eigenvalue weighted by Crippen LogP contribution is -2.18. The van der Waals surface area contributed by atoms with Crippen molar-refractivity contribution in [1.82, 2.24) is 9.97 Å². The zero-order valence-corrected chi connectivity index (χ0v) is 15.0. The molecule has 3 N–H and O–H groups in total. The smallest absolute Gasteiger partial charge is 0.198 e. The van der Waals surface area contributed by atoms with Crippen LogP contribution in [0.3, 0.4) is 0 Å². The van der Waals surface area contributed by atoms with Crippen molar-refractivity contribution in [3.8, 4) is 11.8 Å². The maximum atomic E-state index is 13.1. The molecular weight excluding hydrogens is 346 g/mol. The van der Waals surface area contributed by atoms with E-state index in [-0.39, 0.29) is 16.1 Å². The second-order valence-corrected chi connectivity index (χ2v) is 8.76. The Morgan fingerprint density at radius 3 is 2.46 bits per heavy atom. The number of rotatable bonds is 2. The number of benzene rings is 2. The number of nitrogen functional groups attached to an aromatic ring is 1. The number of hydrogen-bond donors (Lipinski definition) is 2. The quantitative estimate of drug-likeness (QED) is 0.682. The van der Waals surface area contributed by atoms with E-state index in [2.05, 4.69) is 21.8 Å². The average Bonchev–Trinajstić information content (AvgIpc) is 3.29. The Balaban J connectivity index is 1.85. The first kappa shape index (κ1) is 16.7. The standard InChI is InChI=1S/C20H19N3O2S/c21-20-22-17-12-15(11-10-14-6-2-1-3-7-14)13-18(19(17)23-20)26(24,25)16-8-4-5-9-16/h1-3,6-7,12-13,16H,4-5,8-9H2,(H3,21,22,23). The number of H-pyrrole nitrogens is 1. The van der Waals surface area contributed by atoms with Gasteiger partial charge in [0.15, 0.2) is 15.8 Å². The van der Waals surface area contributed by atoms with Gasteiger partial charge >= 0.3 is 0 Å². The lowest BCUT2D eigenvalue weighted by Gasteiger charge is -2.12. The maximum Gasteiger partial charge on any atom is 0.198 e. The molecule has 3 aromatic rings. The van der Waals surface area contributed by atoms with Crippen LogP contribution in [0.1, 0.15) is 36.8 Å². The van der Waals surface area contributed by atoms with Gasteiger partial charge in [-0.3, -0.25) is 0 Å². The highest BCUT2D eigenvalue weighted by molar-refractivity contribution is 7.92. The summed E-state index contributed by atoms with van der Waals surface area (Å²) in [6.45, 7) is 0. The first-order valence-corrected chi connectivity index (χ1v) is 10.2. The van der Waals surface area contributed by atoms with Crippen molar-refractivity contribution in [3.63, 3.8) is 0 Å². The number of hydrogen-bond acceptors (Lipinski definition) is 4. The fourth-order valence-corrected chi connectivity index (χ4v) is 5.47. The number of nitrogens with two attached hydrogens (primary N) is 1. The molecule has 1 aliphatic carbocycles. The highest BCUT2D eigenvalue weighted by Gasteiger charge is 2.32. The largest absolute Gasteiger partial charge is 0.369 e. The summed E-state index contributed by atoms with van der Waals surface area (Å²) >= 11 is 0. The van der Waals surface area contributed by atoms with Crippen LogP contribution in [0.5, 0.6) is 0 Å². The third-order valence-electron chi connectivity index (χ3n) is 4.74. The summed E-state index contributed by atoms with van der Waals surface area (Å²) in [5, 5.41) is -0.346. The van der Waals surface area contributed by atoms with Crippen LogP contribution >= 0.6 is 0 Å². The van der Waals surface area contributed by atoms with Gasteiger partial charge in [0.25, 0.3) is 0 Å². The van der Waals surface area contributed by atoms with Crippen LogP contribution in [0.2, 0.25) is 0 Å². The molecule has 0 atom stereocenters. The van der Waals surface area contributed by atoms with E-state index >= 15 is 0 Å². The first-order chi connectivity index (χ1) is 12.5. The average molecular weight is 365 g/mol. The van der Waals surface area contributed by atoms with E-state index in [0.29, 0.717) is 29.4 Å². The summed E-state index contributed by atoms with van der Waals surface area (Å²) in [6, 6.07) is 13.0. The zero-order chi connectivity index (χ0) is 18.1. The Labute approximate surface area is 152 Å². The maximum absolute atomic E-state index is 13.1. The normalized spacial score (nSPS) is 15.1. The van der Waals surface area contributed by atoms with Gasteiger partial charge in [-0.15, -0.1) is 0 Å². The molecule has 132 valence electrons. The zero-order valence-electron chi connectivity index (χ0n) is 14.2. The number of imidazole rings is 1. The number of aromatic amines is 1. The van der Waals surface area contributed by atoms with Gasteiger partial charge in [-0.1, -0.05) is 42.9 Å². The van der Waals surface area contributed by atoms with Gasteiger partial charge in [0.1, 0.15) is 5.52 Å². The Bertz CT molecular complexity index is 1120. The second kappa shape index (κ2) is 6.50. The molecule has 0 unspecified atom stereocenters. The molecule has 26 heavy (non-hydrogen) atoms. The van der Waals surface area contributed by atoms with Crippen LogP contribution < -0.4 is 5.73 Å². The first-order valence-electron chi connectivity index (χ1n) is 8.64. The minimum atomic E-state index is -3.46. The van der Waals surface area contributed by atoms with Gasteiger partial charge in [-0.05, 0) is 37.1 Å². The molecular formula is C20H19N3O2S. The predicted octanol–water partition coefficient (Wildman–Crippen LogP) is 3.26.